The van der Waals surface area contributed by atoms with E-state index in [1.807, 2.05) is 37.1 Å². The molecule has 0 fully saturated rings. The van der Waals surface area contributed by atoms with Crippen LogP contribution in [0.4, 0.5) is 0 Å². The molecule has 1 heterocycles. The second-order valence-corrected chi connectivity index (χ2v) is 4.08. The number of aryl methyl sites for hydroxylation is 1. The molecule has 84 valence electrons. The van der Waals surface area contributed by atoms with Crippen molar-refractivity contribution in [2.24, 2.45) is 0 Å². The first-order chi connectivity index (χ1) is 7.11. The zero-order valence-corrected chi connectivity index (χ0v) is 9.91. The molecule has 0 aliphatic rings. The van der Waals surface area contributed by atoms with Gasteiger partial charge in [-0.3, -0.25) is 9.88 Å². The van der Waals surface area contributed by atoms with Gasteiger partial charge in [0.1, 0.15) is 0 Å². The average Bonchev–Trinajstić information content (AvgIpc) is 2.17. The lowest BCUT2D eigenvalue weighted by molar-refractivity contribution is 0.140. The molecule has 4 heteroatoms. The van der Waals surface area contributed by atoms with Gasteiger partial charge in [0.05, 0.1) is 11.8 Å². The van der Waals surface area contributed by atoms with Crippen molar-refractivity contribution in [2.75, 3.05) is 19.5 Å². The number of nitrogens with zero attached hydrogens (tertiary/aromatic N) is 2. The van der Waals surface area contributed by atoms with Crippen molar-refractivity contribution in [1.82, 2.24) is 9.88 Å². The molecule has 1 aromatic rings. The van der Waals surface area contributed by atoms with Crippen LogP contribution >= 0.6 is 11.6 Å². The van der Waals surface area contributed by atoms with Crippen LogP contribution in [0, 0.1) is 6.92 Å². The van der Waals surface area contributed by atoms with Crippen molar-refractivity contribution in [1.29, 1.82) is 0 Å². The summed E-state index contributed by atoms with van der Waals surface area (Å²) in [5.74, 6) is 0.269. The number of alkyl halides is 1. The van der Waals surface area contributed by atoms with Crippen molar-refractivity contribution in [2.45, 2.75) is 19.6 Å². The van der Waals surface area contributed by atoms with Gasteiger partial charge in [-0.25, -0.2) is 0 Å². The summed E-state index contributed by atoms with van der Waals surface area (Å²) in [4.78, 5) is 6.40. The summed E-state index contributed by atoms with van der Waals surface area (Å²) in [6.45, 7) is 3.27. The summed E-state index contributed by atoms with van der Waals surface area (Å²) in [6, 6.07) is 5.94. The highest BCUT2D eigenvalue weighted by molar-refractivity contribution is 6.18. The maximum Gasteiger partial charge on any atom is 0.0802 e. The molecule has 0 radical (unpaired) electrons. The third-order valence-electron chi connectivity index (χ3n) is 2.08. The molecular weight excluding hydrogens is 212 g/mol. The van der Waals surface area contributed by atoms with E-state index in [1.165, 1.54) is 0 Å². The highest BCUT2D eigenvalue weighted by Gasteiger charge is 2.07. The Kier molecular flexibility index (Phi) is 5.02. The van der Waals surface area contributed by atoms with E-state index in [4.69, 9.17) is 11.6 Å². The predicted molar refractivity (Wildman–Crippen MR) is 62.0 cm³/mol. The minimum atomic E-state index is -0.471. The van der Waals surface area contributed by atoms with E-state index in [9.17, 15) is 5.11 Å². The Morgan fingerprint density at radius 3 is 2.87 bits per heavy atom. The van der Waals surface area contributed by atoms with Crippen LogP contribution in [0.5, 0.6) is 0 Å². The average molecular weight is 229 g/mol. The Labute approximate surface area is 95.7 Å². The first kappa shape index (κ1) is 12.4. The van der Waals surface area contributed by atoms with E-state index in [0.717, 1.165) is 17.9 Å². The second kappa shape index (κ2) is 6.05. The van der Waals surface area contributed by atoms with Gasteiger partial charge in [-0.1, -0.05) is 6.07 Å². The number of likely N-dealkylation sites (N-methyl/N-ethyl adjacent to an activating group) is 1. The second-order valence-electron chi connectivity index (χ2n) is 3.78. The van der Waals surface area contributed by atoms with Crippen molar-refractivity contribution < 1.29 is 5.11 Å². The Morgan fingerprint density at radius 2 is 2.27 bits per heavy atom. The van der Waals surface area contributed by atoms with E-state index in [0.29, 0.717) is 6.54 Å². The van der Waals surface area contributed by atoms with Crippen molar-refractivity contribution in [3.05, 3.63) is 29.6 Å². The number of aliphatic hydroxyl groups excluding tert-OH is 1. The molecule has 1 unspecified atom stereocenters. The lowest BCUT2D eigenvalue weighted by Crippen LogP contribution is -2.30. The molecule has 0 saturated heterocycles. The van der Waals surface area contributed by atoms with Crippen LogP contribution < -0.4 is 0 Å². The quantitative estimate of drug-likeness (QED) is 0.775. The van der Waals surface area contributed by atoms with Crippen LogP contribution in [0.3, 0.4) is 0 Å². The Balaban J connectivity index is 2.47. The topological polar surface area (TPSA) is 36.4 Å². The SMILES string of the molecule is Cc1cccc(CN(C)CC(O)CCl)n1. The van der Waals surface area contributed by atoms with Crippen LogP contribution in [-0.4, -0.2) is 40.6 Å². The molecule has 1 atom stereocenters. The van der Waals surface area contributed by atoms with Gasteiger partial charge in [0.25, 0.3) is 0 Å². The van der Waals surface area contributed by atoms with Crippen LogP contribution in [-0.2, 0) is 6.54 Å². The molecule has 0 aliphatic carbocycles. The van der Waals surface area contributed by atoms with Crippen LogP contribution in [0.1, 0.15) is 11.4 Å². The van der Waals surface area contributed by atoms with Gasteiger partial charge < -0.3 is 5.11 Å². The largest absolute Gasteiger partial charge is 0.391 e. The van der Waals surface area contributed by atoms with E-state index in [-0.39, 0.29) is 5.88 Å². The van der Waals surface area contributed by atoms with E-state index < -0.39 is 6.10 Å². The molecule has 1 N–H and O–H groups in total. The van der Waals surface area contributed by atoms with E-state index >= 15 is 0 Å². The Hall–Kier alpha value is -0.640. The summed E-state index contributed by atoms with van der Waals surface area (Å²) in [7, 11) is 1.94. The van der Waals surface area contributed by atoms with Crippen LogP contribution in [0.15, 0.2) is 18.2 Å². The molecule has 0 aromatic carbocycles. The molecule has 1 rings (SSSR count). The summed E-state index contributed by atoms with van der Waals surface area (Å²) in [6.07, 6.45) is -0.471. The Morgan fingerprint density at radius 1 is 1.53 bits per heavy atom. The standard InChI is InChI=1S/C11H17ClN2O/c1-9-4-3-5-10(13-9)7-14(2)8-11(15)6-12/h3-5,11,15H,6-8H2,1-2H3. The lowest BCUT2D eigenvalue weighted by atomic mass is 10.3. The maximum atomic E-state index is 9.37. The highest BCUT2D eigenvalue weighted by atomic mass is 35.5. The Bertz CT molecular complexity index is 306. The third kappa shape index (κ3) is 4.60. The molecule has 1 aromatic heterocycles. The van der Waals surface area contributed by atoms with E-state index in [2.05, 4.69) is 4.98 Å². The minimum absolute atomic E-state index is 0.269. The number of halogens is 1. The number of pyridine rings is 1. The predicted octanol–water partition coefficient (Wildman–Crippen LogP) is 1.42. The molecule has 0 saturated carbocycles. The van der Waals surface area contributed by atoms with Gasteiger partial charge in [-0.15, -0.1) is 11.6 Å². The summed E-state index contributed by atoms with van der Waals surface area (Å²) in [5, 5.41) is 9.37. The first-order valence-electron chi connectivity index (χ1n) is 4.97. The minimum Gasteiger partial charge on any atom is -0.391 e. The highest BCUT2D eigenvalue weighted by Crippen LogP contribution is 2.02. The van der Waals surface area contributed by atoms with Gasteiger partial charge >= 0.3 is 0 Å². The van der Waals surface area contributed by atoms with Crippen molar-refractivity contribution in [3.63, 3.8) is 0 Å². The molecule has 3 nitrogen and oxygen atoms in total. The van der Waals surface area contributed by atoms with Crippen LogP contribution in [0.2, 0.25) is 0 Å². The summed E-state index contributed by atoms with van der Waals surface area (Å²) >= 11 is 5.53. The maximum absolute atomic E-state index is 9.37. The van der Waals surface area contributed by atoms with Gasteiger partial charge in [-0.05, 0) is 26.1 Å². The fourth-order valence-electron chi connectivity index (χ4n) is 1.44. The molecule has 0 spiro atoms. The number of hydrogen-bond acceptors (Lipinski definition) is 3. The smallest absolute Gasteiger partial charge is 0.0802 e. The molecule has 0 aliphatic heterocycles. The summed E-state index contributed by atoms with van der Waals surface area (Å²) < 4.78 is 0. The van der Waals surface area contributed by atoms with E-state index in [1.54, 1.807) is 0 Å². The zero-order valence-electron chi connectivity index (χ0n) is 9.15. The normalized spacial score (nSPS) is 13.1. The number of aliphatic hydroxyl groups is 1. The van der Waals surface area contributed by atoms with Gasteiger partial charge in [0.2, 0.25) is 0 Å². The lowest BCUT2D eigenvalue weighted by Gasteiger charge is -2.18. The number of rotatable bonds is 5. The summed E-state index contributed by atoms with van der Waals surface area (Å²) in [5.41, 5.74) is 2.03. The molecule has 15 heavy (non-hydrogen) atoms. The molecular formula is C11H17ClN2O. The molecule has 0 amide bonds. The molecule has 0 bridgehead atoms. The fraction of sp³-hybridized carbons (Fsp3) is 0.545. The van der Waals surface area contributed by atoms with Crippen molar-refractivity contribution >= 4 is 11.6 Å². The number of hydrogen-bond donors (Lipinski definition) is 1. The van der Waals surface area contributed by atoms with Gasteiger partial charge in [-0.2, -0.15) is 0 Å². The third-order valence-corrected chi connectivity index (χ3v) is 2.43. The van der Waals surface area contributed by atoms with Crippen molar-refractivity contribution in [3.8, 4) is 0 Å². The monoisotopic (exact) mass is 228 g/mol. The number of aromatic nitrogens is 1. The van der Waals surface area contributed by atoms with Crippen LogP contribution in [0.25, 0.3) is 0 Å². The fourth-order valence-corrected chi connectivity index (χ4v) is 1.53. The van der Waals surface area contributed by atoms with Gasteiger partial charge in [0, 0.05) is 24.7 Å². The van der Waals surface area contributed by atoms with Gasteiger partial charge in [0.15, 0.2) is 0 Å². The first-order valence-corrected chi connectivity index (χ1v) is 5.50. The zero-order chi connectivity index (χ0) is 11.3.